The highest BCUT2D eigenvalue weighted by atomic mass is 19.1. The zero-order valence-corrected chi connectivity index (χ0v) is 13.4. The van der Waals surface area contributed by atoms with Gasteiger partial charge in [0.05, 0.1) is 0 Å². The van der Waals surface area contributed by atoms with Crippen molar-refractivity contribution in [2.45, 2.75) is 13.0 Å². The van der Waals surface area contributed by atoms with Crippen LogP contribution in [0.25, 0.3) is 28.3 Å². The SMILES string of the molecule is C[C@@H]1C=Cc2cc(F)cc(-c3ccccc3-c3ccccc3)c2O1. The van der Waals surface area contributed by atoms with Crippen LogP contribution in [0.2, 0.25) is 0 Å². The van der Waals surface area contributed by atoms with Crippen LogP contribution in [0.15, 0.2) is 72.8 Å². The molecule has 0 fully saturated rings. The molecule has 1 aliphatic heterocycles. The van der Waals surface area contributed by atoms with Crippen LogP contribution in [0.1, 0.15) is 12.5 Å². The van der Waals surface area contributed by atoms with Crippen LogP contribution >= 0.6 is 0 Å². The molecule has 0 bridgehead atoms. The first-order valence-corrected chi connectivity index (χ1v) is 8.05. The van der Waals surface area contributed by atoms with Crippen molar-refractivity contribution in [3.8, 4) is 28.0 Å². The van der Waals surface area contributed by atoms with E-state index in [0.717, 1.165) is 33.6 Å². The van der Waals surface area contributed by atoms with Gasteiger partial charge in [-0.25, -0.2) is 4.39 Å². The summed E-state index contributed by atoms with van der Waals surface area (Å²) in [6.45, 7) is 1.98. The van der Waals surface area contributed by atoms with Gasteiger partial charge in [-0.05, 0) is 41.8 Å². The van der Waals surface area contributed by atoms with Gasteiger partial charge in [-0.15, -0.1) is 0 Å². The van der Waals surface area contributed by atoms with Gasteiger partial charge in [0.2, 0.25) is 0 Å². The van der Waals surface area contributed by atoms with Crippen LogP contribution in [0.3, 0.4) is 0 Å². The minimum atomic E-state index is -0.255. The summed E-state index contributed by atoms with van der Waals surface area (Å²) in [5.74, 6) is 0.490. The standard InChI is InChI=1S/C22H17FO/c1-15-11-12-17-13-18(23)14-21(22(17)24-15)20-10-6-5-9-19(20)16-7-3-2-4-8-16/h2-15H,1H3/t15-/m1/s1. The van der Waals surface area contributed by atoms with E-state index >= 15 is 0 Å². The molecular weight excluding hydrogens is 299 g/mol. The Morgan fingerprint density at radius 1 is 0.833 bits per heavy atom. The Kier molecular flexibility index (Phi) is 3.66. The van der Waals surface area contributed by atoms with Crippen LogP contribution in [-0.2, 0) is 0 Å². The molecule has 3 aromatic rings. The molecule has 0 N–H and O–H groups in total. The van der Waals surface area contributed by atoms with E-state index in [1.54, 1.807) is 6.07 Å². The van der Waals surface area contributed by atoms with E-state index in [0.29, 0.717) is 0 Å². The highest BCUT2D eigenvalue weighted by molar-refractivity contribution is 5.88. The van der Waals surface area contributed by atoms with Crippen molar-refractivity contribution in [1.82, 2.24) is 0 Å². The van der Waals surface area contributed by atoms with Crippen molar-refractivity contribution in [3.63, 3.8) is 0 Å². The lowest BCUT2D eigenvalue weighted by atomic mass is 9.92. The van der Waals surface area contributed by atoms with Gasteiger partial charge in [0.15, 0.2) is 0 Å². The third-order valence-electron chi connectivity index (χ3n) is 4.24. The van der Waals surface area contributed by atoms with Gasteiger partial charge in [0.25, 0.3) is 0 Å². The lowest BCUT2D eigenvalue weighted by molar-refractivity contribution is 0.267. The highest BCUT2D eigenvalue weighted by Gasteiger charge is 2.19. The fourth-order valence-corrected chi connectivity index (χ4v) is 3.12. The first-order valence-electron chi connectivity index (χ1n) is 8.05. The summed E-state index contributed by atoms with van der Waals surface area (Å²) in [4.78, 5) is 0. The average Bonchev–Trinajstić information content (AvgIpc) is 2.62. The third kappa shape index (κ3) is 2.61. The van der Waals surface area contributed by atoms with E-state index in [4.69, 9.17) is 4.74 Å². The molecule has 0 aromatic heterocycles. The van der Waals surface area contributed by atoms with Gasteiger partial charge in [0, 0.05) is 11.1 Å². The molecule has 1 nitrogen and oxygen atoms in total. The molecule has 0 aliphatic carbocycles. The van der Waals surface area contributed by atoms with E-state index in [9.17, 15) is 4.39 Å². The molecule has 4 rings (SSSR count). The molecule has 3 aromatic carbocycles. The van der Waals surface area contributed by atoms with E-state index in [1.807, 2.05) is 55.5 Å². The van der Waals surface area contributed by atoms with Gasteiger partial charge in [-0.2, -0.15) is 0 Å². The zero-order chi connectivity index (χ0) is 16.5. The molecule has 1 aliphatic rings. The Balaban J connectivity index is 1.96. The van der Waals surface area contributed by atoms with Crippen LogP contribution in [-0.4, -0.2) is 6.10 Å². The summed E-state index contributed by atoms with van der Waals surface area (Å²) >= 11 is 0. The summed E-state index contributed by atoms with van der Waals surface area (Å²) in [6.07, 6.45) is 3.85. The Morgan fingerprint density at radius 2 is 1.54 bits per heavy atom. The van der Waals surface area contributed by atoms with E-state index < -0.39 is 0 Å². The van der Waals surface area contributed by atoms with Crippen molar-refractivity contribution in [3.05, 3.63) is 84.2 Å². The highest BCUT2D eigenvalue weighted by Crippen LogP contribution is 2.41. The molecule has 0 radical (unpaired) electrons. The molecular formula is C22H17FO. The summed E-state index contributed by atoms with van der Waals surface area (Å²) in [5.41, 5.74) is 4.72. The van der Waals surface area contributed by atoms with Gasteiger partial charge < -0.3 is 4.74 Å². The maximum Gasteiger partial charge on any atom is 0.135 e. The Bertz CT molecular complexity index is 913. The number of hydrogen-bond donors (Lipinski definition) is 0. The van der Waals surface area contributed by atoms with Crippen molar-refractivity contribution < 1.29 is 9.13 Å². The van der Waals surface area contributed by atoms with Crippen LogP contribution < -0.4 is 4.74 Å². The Morgan fingerprint density at radius 3 is 2.33 bits per heavy atom. The fraction of sp³-hybridized carbons (Fsp3) is 0.0909. The number of benzene rings is 3. The second-order valence-corrected chi connectivity index (χ2v) is 5.97. The van der Waals surface area contributed by atoms with Crippen LogP contribution in [0.4, 0.5) is 4.39 Å². The van der Waals surface area contributed by atoms with E-state index in [1.165, 1.54) is 6.07 Å². The molecule has 0 spiro atoms. The van der Waals surface area contributed by atoms with Crippen LogP contribution in [0, 0.1) is 5.82 Å². The quantitative estimate of drug-likeness (QED) is 0.567. The predicted octanol–water partition coefficient (Wildman–Crippen LogP) is 5.95. The molecule has 24 heavy (non-hydrogen) atoms. The Hall–Kier alpha value is -2.87. The van der Waals surface area contributed by atoms with Gasteiger partial charge in [0.1, 0.15) is 17.7 Å². The second-order valence-electron chi connectivity index (χ2n) is 5.97. The lowest BCUT2D eigenvalue weighted by Gasteiger charge is -2.22. The smallest absolute Gasteiger partial charge is 0.135 e. The lowest BCUT2D eigenvalue weighted by Crippen LogP contribution is -2.13. The summed E-state index contributed by atoms with van der Waals surface area (Å²) in [5, 5.41) is 0. The normalized spacial score (nSPS) is 15.7. The first kappa shape index (κ1) is 14.7. The van der Waals surface area contributed by atoms with Crippen LogP contribution in [0.5, 0.6) is 5.75 Å². The average molecular weight is 316 g/mol. The number of ether oxygens (including phenoxy) is 1. The second kappa shape index (κ2) is 5.97. The third-order valence-corrected chi connectivity index (χ3v) is 4.24. The van der Waals surface area contributed by atoms with Crippen molar-refractivity contribution in [2.24, 2.45) is 0 Å². The number of hydrogen-bond acceptors (Lipinski definition) is 1. The monoisotopic (exact) mass is 316 g/mol. The maximum atomic E-state index is 14.2. The maximum absolute atomic E-state index is 14.2. The van der Waals surface area contributed by atoms with Gasteiger partial charge >= 0.3 is 0 Å². The molecule has 0 amide bonds. The molecule has 0 saturated carbocycles. The van der Waals surface area contributed by atoms with Crippen molar-refractivity contribution in [1.29, 1.82) is 0 Å². The molecule has 1 atom stereocenters. The van der Waals surface area contributed by atoms with Crippen molar-refractivity contribution >= 4 is 6.08 Å². The predicted molar refractivity (Wildman–Crippen MR) is 96.4 cm³/mol. The molecule has 0 saturated heterocycles. The summed E-state index contributed by atoms with van der Waals surface area (Å²) in [7, 11) is 0. The molecule has 118 valence electrons. The molecule has 2 heteroatoms. The van der Waals surface area contributed by atoms with Crippen molar-refractivity contribution in [2.75, 3.05) is 0 Å². The molecule has 0 unspecified atom stereocenters. The van der Waals surface area contributed by atoms with Gasteiger partial charge in [-0.1, -0.05) is 60.7 Å². The van der Waals surface area contributed by atoms with Gasteiger partial charge in [-0.3, -0.25) is 0 Å². The minimum absolute atomic E-state index is 0.0226. The number of rotatable bonds is 2. The van der Waals surface area contributed by atoms with E-state index in [-0.39, 0.29) is 11.9 Å². The number of fused-ring (bicyclic) bond motifs is 1. The Labute approximate surface area is 141 Å². The zero-order valence-electron chi connectivity index (χ0n) is 13.4. The largest absolute Gasteiger partial charge is 0.485 e. The summed E-state index contributed by atoms with van der Waals surface area (Å²) < 4.78 is 20.2. The topological polar surface area (TPSA) is 9.23 Å². The minimum Gasteiger partial charge on any atom is -0.485 e. The van der Waals surface area contributed by atoms with E-state index in [2.05, 4.69) is 18.2 Å². The number of halogens is 1. The summed E-state index contributed by atoms with van der Waals surface area (Å²) in [6, 6.07) is 21.3. The first-order chi connectivity index (χ1) is 11.7. The fourth-order valence-electron chi connectivity index (χ4n) is 3.12. The molecule has 1 heterocycles.